The van der Waals surface area contributed by atoms with E-state index >= 15 is 0 Å². The summed E-state index contributed by atoms with van der Waals surface area (Å²) < 4.78 is 24.6. The van der Waals surface area contributed by atoms with Crippen molar-refractivity contribution >= 4 is 38.2 Å². The Morgan fingerprint density at radius 2 is 1.67 bits per heavy atom. The highest BCUT2D eigenvalue weighted by molar-refractivity contribution is 9.10. The number of hydrogen-bond donors (Lipinski definition) is 1. The van der Waals surface area contributed by atoms with Crippen molar-refractivity contribution in [3.05, 3.63) is 70.7 Å². The summed E-state index contributed by atoms with van der Waals surface area (Å²) in [4.78, 5) is 2.32. The standard InChI is InChI=1S/C15H13BrN2O2S/c16-14-8-10-15(11-9-14)21(19,20)18-17-12-4-7-13-5-2-1-3-6-13/h1-12,18H/b7-4+,17-12-. The Labute approximate surface area is 132 Å². The molecular formula is C15H13BrN2O2S. The third-order valence-corrected chi connectivity index (χ3v) is 4.31. The fourth-order valence-electron chi connectivity index (χ4n) is 1.53. The van der Waals surface area contributed by atoms with E-state index in [0.29, 0.717) is 0 Å². The minimum atomic E-state index is -3.62. The minimum absolute atomic E-state index is 0.162. The molecule has 0 bridgehead atoms. The lowest BCUT2D eigenvalue weighted by Gasteiger charge is -2.02. The zero-order chi connectivity index (χ0) is 15.1. The van der Waals surface area contributed by atoms with Gasteiger partial charge in [-0.15, -0.1) is 0 Å². The molecule has 0 aliphatic rings. The molecule has 4 nitrogen and oxygen atoms in total. The number of benzene rings is 2. The molecular weight excluding hydrogens is 352 g/mol. The van der Waals surface area contributed by atoms with E-state index in [1.54, 1.807) is 18.2 Å². The lowest BCUT2D eigenvalue weighted by molar-refractivity contribution is 0.584. The molecule has 0 amide bonds. The second-order valence-corrected chi connectivity index (χ2v) is 6.67. The number of sulfonamides is 1. The van der Waals surface area contributed by atoms with Gasteiger partial charge in [0.1, 0.15) is 0 Å². The minimum Gasteiger partial charge on any atom is -0.200 e. The molecule has 0 saturated heterocycles. The first-order chi connectivity index (χ1) is 10.1. The van der Waals surface area contributed by atoms with Gasteiger partial charge in [-0.1, -0.05) is 52.3 Å². The Bertz CT molecular complexity index is 739. The lowest BCUT2D eigenvalue weighted by atomic mass is 10.2. The van der Waals surface area contributed by atoms with Crippen LogP contribution in [0.2, 0.25) is 0 Å². The molecule has 0 heterocycles. The highest BCUT2D eigenvalue weighted by Crippen LogP contribution is 2.14. The summed E-state index contributed by atoms with van der Waals surface area (Å²) in [5, 5.41) is 3.70. The third kappa shape index (κ3) is 4.84. The van der Waals surface area contributed by atoms with Crippen LogP contribution in [0.4, 0.5) is 0 Å². The van der Waals surface area contributed by atoms with Gasteiger partial charge in [-0.25, -0.2) is 4.83 Å². The molecule has 0 saturated carbocycles. The van der Waals surface area contributed by atoms with Crippen molar-refractivity contribution < 1.29 is 8.42 Å². The molecule has 108 valence electrons. The van der Waals surface area contributed by atoms with Gasteiger partial charge in [0.2, 0.25) is 0 Å². The van der Waals surface area contributed by atoms with Gasteiger partial charge in [-0.05, 0) is 35.9 Å². The van der Waals surface area contributed by atoms with Crippen LogP contribution < -0.4 is 4.83 Å². The fraction of sp³-hybridized carbons (Fsp3) is 0. The van der Waals surface area contributed by atoms with Crippen molar-refractivity contribution in [2.75, 3.05) is 0 Å². The van der Waals surface area contributed by atoms with E-state index in [9.17, 15) is 8.42 Å². The van der Waals surface area contributed by atoms with E-state index in [2.05, 4.69) is 25.9 Å². The molecule has 0 spiro atoms. The van der Waals surface area contributed by atoms with Crippen LogP contribution in [0.5, 0.6) is 0 Å². The number of rotatable bonds is 5. The summed E-state index contributed by atoms with van der Waals surface area (Å²) in [5.41, 5.74) is 1.01. The highest BCUT2D eigenvalue weighted by atomic mass is 79.9. The van der Waals surface area contributed by atoms with Crippen molar-refractivity contribution in [2.24, 2.45) is 5.10 Å². The fourth-order valence-corrected chi connectivity index (χ4v) is 2.59. The van der Waals surface area contributed by atoms with Gasteiger partial charge in [0.15, 0.2) is 0 Å². The van der Waals surface area contributed by atoms with E-state index in [1.807, 2.05) is 36.4 Å². The number of halogens is 1. The van der Waals surface area contributed by atoms with Crippen molar-refractivity contribution in [3.8, 4) is 0 Å². The maximum absolute atomic E-state index is 11.9. The maximum Gasteiger partial charge on any atom is 0.276 e. The average Bonchev–Trinajstić information content (AvgIpc) is 2.48. The average molecular weight is 365 g/mol. The van der Waals surface area contributed by atoms with Gasteiger partial charge in [0.05, 0.1) is 4.90 Å². The van der Waals surface area contributed by atoms with Crippen LogP contribution in [0.15, 0.2) is 75.1 Å². The largest absolute Gasteiger partial charge is 0.276 e. The van der Waals surface area contributed by atoms with Crippen LogP contribution in [-0.2, 0) is 10.0 Å². The normalized spacial score (nSPS) is 12.0. The van der Waals surface area contributed by atoms with E-state index < -0.39 is 10.0 Å². The number of nitrogens with one attached hydrogen (secondary N) is 1. The monoisotopic (exact) mass is 364 g/mol. The summed E-state index contributed by atoms with van der Waals surface area (Å²) in [6.45, 7) is 0. The molecule has 0 aliphatic heterocycles. The maximum atomic E-state index is 11.9. The second-order valence-electron chi connectivity index (χ2n) is 4.10. The van der Waals surface area contributed by atoms with E-state index in [4.69, 9.17) is 0 Å². The van der Waals surface area contributed by atoms with Crippen LogP contribution >= 0.6 is 15.9 Å². The first-order valence-corrected chi connectivity index (χ1v) is 8.38. The first-order valence-electron chi connectivity index (χ1n) is 6.10. The number of hydrazone groups is 1. The molecule has 2 rings (SSSR count). The summed E-state index contributed by atoms with van der Waals surface area (Å²) >= 11 is 3.25. The van der Waals surface area contributed by atoms with Crippen molar-refractivity contribution in [2.45, 2.75) is 4.90 Å². The van der Waals surface area contributed by atoms with Crippen molar-refractivity contribution in [1.82, 2.24) is 4.83 Å². The first kappa shape index (κ1) is 15.5. The Hall–Kier alpha value is -1.92. The summed E-state index contributed by atoms with van der Waals surface area (Å²) in [5.74, 6) is 0. The predicted molar refractivity (Wildman–Crippen MR) is 88.4 cm³/mol. The Morgan fingerprint density at radius 1 is 1.00 bits per heavy atom. The molecule has 6 heteroatoms. The SMILES string of the molecule is O=S(=O)(N/N=C\C=C\c1ccccc1)c1ccc(Br)cc1. The molecule has 0 fully saturated rings. The van der Waals surface area contributed by atoms with Gasteiger partial charge >= 0.3 is 0 Å². The topological polar surface area (TPSA) is 58.5 Å². The molecule has 2 aromatic rings. The lowest BCUT2D eigenvalue weighted by Crippen LogP contribution is -2.17. The van der Waals surface area contributed by atoms with E-state index in [0.717, 1.165) is 10.0 Å². The predicted octanol–water partition coefficient (Wildman–Crippen LogP) is 3.43. The van der Waals surface area contributed by atoms with E-state index in [-0.39, 0.29) is 4.90 Å². The summed E-state index contributed by atoms with van der Waals surface area (Å²) in [7, 11) is -3.62. The summed E-state index contributed by atoms with van der Waals surface area (Å²) in [6.07, 6.45) is 4.89. The van der Waals surface area contributed by atoms with E-state index in [1.165, 1.54) is 18.3 Å². The van der Waals surface area contributed by atoms with Crippen LogP contribution in [0.1, 0.15) is 5.56 Å². The summed E-state index contributed by atoms with van der Waals surface area (Å²) in [6, 6.07) is 16.0. The van der Waals surface area contributed by atoms with Gasteiger partial charge in [0.25, 0.3) is 10.0 Å². The van der Waals surface area contributed by atoms with Crippen LogP contribution in [0, 0.1) is 0 Å². The molecule has 0 aromatic heterocycles. The Morgan fingerprint density at radius 3 is 2.33 bits per heavy atom. The van der Waals surface area contributed by atoms with Gasteiger partial charge < -0.3 is 0 Å². The van der Waals surface area contributed by atoms with Gasteiger partial charge in [0, 0.05) is 10.7 Å². The Kier molecular flexibility index (Phi) is 5.30. The van der Waals surface area contributed by atoms with Gasteiger partial charge in [-0.2, -0.15) is 13.5 Å². The highest BCUT2D eigenvalue weighted by Gasteiger charge is 2.11. The zero-order valence-corrected chi connectivity index (χ0v) is 13.4. The molecule has 0 radical (unpaired) electrons. The van der Waals surface area contributed by atoms with Crippen LogP contribution in [0.3, 0.4) is 0 Å². The van der Waals surface area contributed by atoms with Crippen molar-refractivity contribution in [3.63, 3.8) is 0 Å². The van der Waals surface area contributed by atoms with Crippen LogP contribution in [0.25, 0.3) is 6.08 Å². The zero-order valence-electron chi connectivity index (χ0n) is 11.0. The molecule has 1 N–H and O–H groups in total. The number of hydrogen-bond acceptors (Lipinski definition) is 3. The quantitative estimate of drug-likeness (QED) is 0.652. The molecule has 2 aromatic carbocycles. The molecule has 0 unspecified atom stereocenters. The number of allylic oxidation sites excluding steroid dienone is 1. The van der Waals surface area contributed by atoms with Gasteiger partial charge in [-0.3, -0.25) is 0 Å². The van der Waals surface area contributed by atoms with Crippen LogP contribution in [-0.4, -0.2) is 14.6 Å². The molecule has 0 aliphatic carbocycles. The Balaban J connectivity index is 1.97. The smallest absolute Gasteiger partial charge is 0.200 e. The number of nitrogens with zero attached hydrogens (tertiary/aromatic N) is 1. The second kappa shape index (κ2) is 7.19. The molecule has 0 atom stereocenters. The van der Waals surface area contributed by atoms with Crippen molar-refractivity contribution in [1.29, 1.82) is 0 Å². The molecule has 21 heavy (non-hydrogen) atoms. The third-order valence-electron chi connectivity index (χ3n) is 2.55.